The number of rotatable bonds is 1. The molecule has 0 aliphatic rings. The molecule has 16 heavy (non-hydrogen) atoms. The third kappa shape index (κ3) is 1.84. The summed E-state index contributed by atoms with van der Waals surface area (Å²) in [6.45, 7) is 1.72. The van der Waals surface area contributed by atoms with Crippen LogP contribution in [0.15, 0.2) is 22.7 Å². The first-order valence-electron chi connectivity index (χ1n) is 4.54. The quantitative estimate of drug-likeness (QED) is 0.872. The van der Waals surface area contributed by atoms with Gasteiger partial charge in [-0.1, -0.05) is 15.9 Å². The summed E-state index contributed by atoms with van der Waals surface area (Å²) in [6.07, 6.45) is 0. The van der Waals surface area contributed by atoms with E-state index in [1.165, 1.54) is 6.07 Å². The van der Waals surface area contributed by atoms with Crippen molar-refractivity contribution >= 4 is 15.9 Å². The third-order valence-electron chi connectivity index (χ3n) is 2.13. The minimum Gasteiger partial charge on any atom is -0.341 e. The molecule has 80 valence electrons. The Hall–Kier alpha value is -1.67. The van der Waals surface area contributed by atoms with Crippen molar-refractivity contribution in [2.24, 2.45) is 0 Å². The van der Waals surface area contributed by atoms with E-state index in [0.29, 0.717) is 17.1 Å². The van der Waals surface area contributed by atoms with Crippen LogP contribution in [0.1, 0.15) is 11.5 Å². The molecular weight excluding hydrogens is 273 g/mol. The Balaban J connectivity index is 2.67. The average molecular weight is 280 g/mol. The second-order valence-electron chi connectivity index (χ2n) is 3.28. The number of benzene rings is 1. The van der Waals surface area contributed by atoms with Gasteiger partial charge in [-0.25, -0.2) is 9.37 Å². The summed E-state index contributed by atoms with van der Waals surface area (Å²) >= 11 is 3.26. The Morgan fingerprint density at radius 2 is 2.25 bits per heavy atom. The van der Waals surface area contributed by atoms with E-state index in [-0.39, 0.29) is 11.5 Å². The van der Waals surface area contributed by atoms with E-state index in [0.717, 1.165) is 4.47 Å². The van der Waals surface area contributed by atoms with Gasteiger partial charge in [-0.15, -0.1) is 0 Å². The highest BCUT2D eigenvalue weighted by atomic mass is 79.9. The van der Waals surface area contributed by atoms with Crippen LogP contribution < -0.4 is 0 Å². The first-order valence-corrected chi connectivity index (χ1v) is 5.33. The highest BCUT2D eigenvalue weighted by Gasteiger charge is 2.14. The molecule has 1 heterocycles. The van der Waals surface area contributed by atoms with Crippen molar-refractivity contribution < 1.29 is 4.39 Å². The lowest BCUT2D eigenvalue weighted by Gasteiger charge is -2.01. The molecule has 1 N–H and O–H groups in total. The lowest BCUT2D eigenvalue weighted by molar-refractivity contribution is 0.630. The molecule has 0 aliphatic carbocycles. The van der Waals surface area contributed by atoms with Gasteiger partial charge < -0.3 is 4.98 Å². The molecule has 2 aromatic rings. The zero-order chi connectivity index (χ0) is 11.7. The predicted molar refractivity (Wildman–Crippen MR) is 61.1 cm³/mol. The Kier molecular flexibility index (Phi) is 2.75. The smallest absolute Gasteiger partial charge is 0.166 e. The number of aromatic amines is 1. The highest BCUT2D eigenvalue weighted by Crippen LogP contribution is 2.27. The van der Waals surface area contributed by atoms with Crippen molar-refractivity contribution in [3.8, 4) is 17.3 Å². The number of nitrogens with one attached hydrogen (secondary N) is 1. The third-order valence-corrected chi connectivity index (χ3v) is 2.62. The van der Waals surface area contributed by atoms with Gasteiger partial charge in [0.1, 0.15) is 17.7 Å². The topological polar surface area (TPSA) is 52.5 Å². The van der Waals surface area contributed by atoms with Gasteiger partial charge in [0.2, 0.25) is 0 Å². The van der Waals surface area contributed by atoms with E-state index < -0.39 is 0 Å². The number of H-pyrrole nitrogens is 1. The van der Waals surface area contributed by atoms with Gasteiger partial charge in [-0.3, -0.25) is 0 Å². The number of imidazole rings is 1. The van der Waals surface area contributed by atoms with Gasteiger partial charge >= 0.3 is 0 Å². The molecule has 0 saturated heterocycles. The largest absolute Gasteiger partial charge is 0.341 e. The van der Waals surface area contributed by atoms with Gasteiger partial charge in [-0.05, 0) is 25.1 Å². The minimum atomic E-state index is -0.386. The van der Waals surface area contributed by atoms with E-state index in [1.807, 2.05) is 6.07 Å². The van der Waals surface area contributed by atoms with Crippen LogP contribution in [0.2, 0.25) is 0 Å². The van der Waals surface area contributed by atoms with Gasteiger partial charge in [-0.2, -0.15) is 5.26 Å². The summed E-state index contributed by atoms with van der Waals surface area (Å²) in [4.78, 5) is 6.86. The number of hydrogen-bond acceptors (Lipinski definition) is 2. The van der Waals surface area contributed by atoms with Gasteiger partial charge in [0, 0.05) is 10.0 Å². The van der Waals surface area contributed by atoms with Crippen molar-refractivity contribution in [3.05, 3.63) is 40.0 Å². The second kappa shape index (κ2) is 4.06. The maximum atomic E-state index is 13.6. The first kappa shape index (κ1) is 10.8. The molecule has 1 aromatic carbocycles. The van der Waals surface area contributed by atoms with E-state index in [4.69, 9.17) is 5.26 Å². The van der Waals surface area contributed by atoms with Crippen LogP contribution in [0.5, 0.6) is 0 Å². The fourth-order valence-corrected chi connectivity index (χ4v) is 1.82. The molecule has 0 atom stereocenters. The predicted octanol–water partition coefficient (Wildman–Crippen LogP) is 3.16. The molecular formula is C11H7BrFN3. The molecule has 0 spiro atoms. The van der Waals surface area contributed by atoms with Crippen LogP contribution >= 0.6 is 15.9 Å². The zero-order valence-electron chi connectivity index (χ0n) is 8.38. The molecule has 0 unspecified atom stereocenters. The first-order chi connectivity index (χ1) is 7.61. The molecule has 0 aliphatic heterocycles. The average Bonchev–Trinajstić information content (AvgIpc) is 2.63. The van der Waals surface area contributed by atoms with Crippen molar-refractivity contribution in [2.45, 2.75) is 6.92 Å². The maximum Gasteiger partial charge on any atom is 0.166 e. The second-order valence-corrected chi connectivity index (χ2v) is 4.20. The number of halogens is 2. The molecule has 0 fully saturated rings. The summed E-state index contributed by atoms with van der Waals surface area (Å²) in [7, 11) is 0. The van der Waals surface area contributed by atoms with E-state index >= 15 is 0 Å². The number of aryl methyl sites for hydroxylation is 1. The number of aromatic nitrogens is 2. The molecule has 2 rings (SSSR count). The van der Waals surface area contributed by atoms with Crippen LogP contribution in [0, 0.1) is 24.1 Å². The van der Waals surface area contributed by atoms with Crippen LogP contribution in [-0.2, 0) is 0 Å². The standard InChI is InChI=1S/C11H7BrFN3/c1-6-15-10(5-14)11(16-6)8-4-7(12)2-3-9(8)13/h2-4H,1H3,(H,15,16). The van der Waals surface area contributed by atoms with Crippen LogP contribution in [-0.4, -0.2) is 9.97 Å². The normalized spacial score (nSPS) is 10.1. The van der Waals surface area contributed by atoms with Crippen molar-refractivity contribution in [2.75, 3.05) is 0 Å². The lowest BCUT2D eigenvalue weighted by Crippen LogP contribution is -1.87. The summed E-state index contributed by atoms with van der Waals surface area (Å²) < 4.78 is 14.4. The number of nitriles is 1. The van der Waals surface area contributed by atoms with Crippen molar-refractivity contribution in [1.82, 2.24) is 9.97 Å². The Morgan fingerprint density at radius 1 is 1.50 bits per heavy atom. The molecule has 0 saturated carbocycles. The highest BCUT2D eigenvalue weighted by molar-refractivity contribution is 9.10. The monoisotopic (exact) mass is 279 g/mol. The fourth-order valence-electron chi connectivity index (χ4n) is 1.46. The summed E-state index contributed by atoms with van der Waals surface area (Å²) in [6, 6.07) is 6.50. The SMILES string of the molecule is Cc1nc(C#N)c(-c2cc(Br)ccc2F)[nH]1. The van der Waals surface area contributed by atoms with Gasteiger partial charge in [0.15, 0.2) is 5.69 Å². The van der Waals surface area contributed by atoms with E-state index in [1.54, 1.807) is 19.1 Å². The summed E-state index contributed by atoms with van der Waals surface area (Å²) in [5, 5.41) is 8.89. The molecule has 0 radical (unpaired) electrons. The Labute approximate surface area is 100 Å². The summed E-state index contributed by atoms with van der Waals surface area (Å²) in [5.74, 6) is 0.203. The maximum absolute atomic E-state index is 13.6. The minimum absolute atomic E-state index is 0.203. The Morgan fingerprint density at radius 3 is 2.94 bits per heavy atom. The van der Waals surface area contributed by atoms with Crippen molar-refractivity contribution in [3.63, 3.8) is 0 Å². The fraction of sp³-hybridized carbons (Fsp3) is 0.0909. The van der Waals surface area contributed by atoms with E-state index in [9.17, 15) is 4.39 Å². The van der Waals surface area contributed by atoms with Gasteiger partial charge in [0.25, 0.3) is 0 Å². The van der Waals surface area contributed by atoms with Crippen LogP contribution in [0.4, 0.5) is 4.39 Å². The molecule has 1 aromatic heterocycles. The number of hydrogen-bond donors (Lipinski definition) is 1. The zero-order valence-corrected chi connectivity index (χ0v) is 9.97. The molecule has 0 amide bonds. The van der Waals surface area contributed by atoms with Crippen LogP contribution in [0.25, 0.3) is 11.3 Å². The molecule has 0 bridgehead atoms. The molecule has 3 nitrogen and oxygen atoms in total. The Bertz CT molecular complexity index is 583. The van der Waals surface area contributed by atoms with E-state index in [2.05, 4.69) is 25.9 Å². The molecule has 5 heteroatoms. The van der Waals surface area contributed by atoms with Crippen LogP contribution in [0.3, 0.4) is 0 Å². The van der Waals surface area contributed by atoms with Crippen molar-refractivity contribution in [1.29, 1.82) is 5.26 Å². The summed E-state index contributed by atoms with van der Waals surface area (Å²) in [5.41, 5.74) is 0.958. The van der Waals surface area contributed by atoms with Gasteiger partial charge in [0.05, 0.1) is 5.69 Å². The number of nitrogens with zero attached hydrogens (tertiary/aromatic N) is 2. The lowest BCUT2D eigenvalue weighted by atomic mass is 10.1.